The molecule has 2 aromatic rings. The molecule has 0 spiro atoms. The minimum Gasteiger partial charge on any atom is -0.438 e. The lowest BCUT2D eigenvalue weighted by Gasteiger charge is -2.09. The minimum absolute atomic E-state index is 0.103. The fourth-order valence-electron chi connectivity index (χ4n) is 1.76. The molecular formula is C15H16N2O3. The number of aliphatic hydroxyl groups is 1. The molecule has 0 bridgehead atoms. The van der Waals surface area contributed by atoms with Gasteiger partial charge in [-0.25, -0.2) is 4.98 Å². The first kappa shape index (κ1) is 14.0. The maximum Gasteiger partial charge on any atom is 0.254 e. The number of hydrogen-bond donors (Lipinski definition) is 2. The van der Waals surface area contributed by atoms with Crippen molar-refractivity contribution in [3.05, 3.63) is 53.2 Å². The Morgan fingerprint density at radius 2 is 1.95 bits per heavy atom. The first-order chi connectivity index (χ1) is 9.60. The number of nitrogens with two attached hydrogens (primary N) is 1. The van der Waals surface area contributed by atoms with E-state index >= 15 is 0 Å². The number of nitrogens with zero attached hydrogens (tertiary/aromatic N) is 1. The first-order valence-corrected chi connectivity index (χ1v) is 6.25. The Morgan fingerprint density at radius 3 is 2.55 bits per heavy atom. The highest BCUT2D eigenvalue weighted by molar-refractivity contribution is 5.95. The Morgan fingerprint density at radius 1 is 1.25 bits per heavy atom. The molecule has 0 fully saturated rings. The van der Waals surface area contributed by atoms with Gasteiger partial charge < -0.3 is 15.6 Å². The Kier molecular flexibility index (Phi) is 4.32. The Bertz CT molecular complexity index is 609. The van der Waals surface area contributed by atoms with E-state index in [1.54, 1.807) is 24.3 Å². The van der Waals surface area contributed by atoms with E-state index in [0.29, 0.717) is 12.2 Å². The van der Waals surface area contributed by atoms with E-state index in [9.17, 15) is 4.79 Å². The quantitative estimate of drug-likeness (QED) is 0.869. The molecule has 1 aromatic heterocycles. The average Bonchev–Trinajstić information content (AvgIpc) is 2.41. The molecule has 0 radical (unpaired) electrons. The van der Waals surface area contributed by atoms with Gasteiger partial charge in [0.15, 0.2) is 0 Å². The second kappa shape index (κ2) is 6.16. The van der Waals surface area contributed by atoms with E-state index in [4.69, 9.17) is 15.6 Å². The second-order valence-corrected chi connectivity index (χ2v) is 4.39. The van der Waals surface area contributed by atoms with Gasteiger partial charge in [0.1, 0.15) is 11.3 Å². The van der Waals surface area contributed by atoms with Gasteiger partial charge in [0.05, 0.1) is 0 Å². The second-order valence-electron chi connectivity index (χ2n) is 4.39. The molecule has 2 rings (SSSR count). The number of carbonyl (C=O) groups is 1. The summed E-state index contributed by atoms with van der Waals surface area (Å²) in [6.07, 6.45) is 0.593. The van der Waals surface area contributed by atoms with Gasteiger partial charge in [-0.1, -0.05) is 12.1 Å². The van der Waals surface area contributed by atoms with Crippen molar-refractivity contribution in [2.45, 2.75) is 13.3 Å². The maximum absolute atomic E-state index is 11.3. The molecule has 5 heteroatoms. The lowest BCUT2D eigenvalue weighted by Crippen LogP contribution is -2.13. The predicted octanol–water partition coefficient (Wildman–Crippen LogP) is 1.82. The van der Waals surface area contributed by atoms with Gasteiger partial charge in [0.2, 0.25) is 5.88 Å². The van der Waals surface area contributed by atoms with Crippen molar-refractivity contribution in [2.75, 3.05) is 6.61 Å². The number of aromatic nitrogens is 1. The van der Waals surface area contributed by atoms with Crippen LogP contribution < -0.4 is 10.5 Å². The number of rotatable bonds is 5. The first-order valence-electron chi connectivity index (χ1n) is 6.25. The van der Waals surface area contributed by atoms with Crippen LogP contribution in [-0.2, 0) is 6.42 Å². The van der Waals surface area contributed by atoms with Crippen LogP contribution in [0.25, 0.3) is 0 Å². The standard InChI is InChI=1S/C15H16N2O3/c1-10-2-7-13(14(16)19)15(17-10)20-12-5-3-11(4-6-12)8-9-18/h2-7,18H,8-9H2,1H3,(H2,16,19). The highest BCUT2D eigenvalue weighted by Gasteiger charge is 2.12. The Balaban J connectivity index is 2.25. The highest BCUT2D eigenvalue weighted by atomic mass is 16.5. The number of primary amides is 1. The smallest absolute Gasteiger partial charge is 0.254 e. The topological polar surface area (TPSA) is 85.4 Å². The zero-order chi connectivity index (χ0) is 14.5. The van der Waals surface area contributed by atoms with Gasteiger partial charge in [-0.2, -0.15) is 0 Å². The van der Waals surface area contributed by atoms with Crippen LogP contribution >= 0.6 is 0 Å². The van der Waals surface area contributed by atoms with Crippen LogP contribution in [0.2, 0.25) is 0 Å². The van der Waals surface area contributed by atoms with Crippen molar-refractivity contribution in [1.82, 2.24) is 4.98 Å². The third-order valence-electron chi connectivity index (χ3n) is 2.80. The molecule has 0 saturated heterocycles. The fraction of sp³-hybridized carbons (Fsp3) is 0.200. The summed E-state index contributed by atoms with van der Waals surface area (Å²) in [5.74, 6) is 0.184. The minimum atomic E-state index is -0.579. The van der Waals surface area contributed by atoms with Gasteiger partial charge >= 0.3 is 0 Å². The number of aliphatic hydroxyl groups excluding tert-OH is 1. The van der Waals surface area contributed by atoms with Crippen LogP contribution in [0.1, 0.15) is 21.6 Å². The summed E-state index contributed by atoms with van der Waals surface area (Å²) < 4.78 is 5.61. The molecule has 0 atom stereocenters. The molecule has 0 aliphatic carbocycles. The summed E-state index contributed by atoms with van der Waals surface area (Å²) >= 11 is 0. The molecule has 0 unspecified atom stereocenters. The number of pyridine rings is 1. The molecule has 3 N–H and O–H groups in total. The van der Waals surface area contributed by atoms with Gasteiger partial charge in [0.25, 0.3) is 5.91 Å². The van der Waals surface area contributed by atoms with E-state index in [1.807, 2.05) is 19.1 Å². The van der Waals surface area contributed by atoms with Gasteiger partial charge in [-0.15, -0.1) is 0 Å². The molecule has 5 nitrogen and oxygen atoms in total. The number of carbonyl (C=O) groups excluding carboxylic acids is 1. The molecule has 1 amide bonds. The summed E-state index contributed by atoms with van der Waals surface area (Å²) in [6.45, 7) is 1.91. The van der Waals surface area contributed by atoms with Crippen LogP contribution in [0.5, 0.6) is 11.6 Å². The molecule has 0 saturated carbocycles. The number of ether oxygens (including phenoxy) is 1. The number of benzene rings is 1. The average molecular weight is 272 g/mol. The normalized spacial score (nSPS) is 10.3. The van der Waals surface area contributed by atoms with Crippen molar-refractivity contribution in [2.24, 2.45) is 5.73 Å². The van der Waals surface area contributed by atoms with Crippen molar-refractivity contribution >= 4 is 5.91 Å². The Labute approximate surface area is 117 Å². The lowest BCUT2D eigenvalue weighted by molar-refractivity contribution is 0.0997. The highest BCUT2D eigenvalue weighted by Crippen LogP contribution is 2.23. The fourth-order valence-corrected chi connectivity index (χ4v) is 1.76. The number of aryl methyl sites for hydroxylation is 1. The third kappa shape index (κ3) is 3.33. The van der Waals surface area contributed by atoms with E-state index in [-0.39, 0.29) is 18.1 Å². The third-order valence-corrected chi connectivity index (χ3v) is 2.80. The van der Waals surface area contributed by atoms with Crippen molar-refractivity contribution in [1.29, 1.82) is 0 Å². The lowest BCUT2D eigenvalue weighted by atomic mass is 10.1. The molecule has 0 aliphatic heterocycles. The Hall–Kier alpha value is -2.40. The monoisotopic (exact) mass is 272 g/mol. The van der Waals surface area contributed by atoms with Crippen molar-refractivity contribution < 1.29 is 14.6 Å². The van der Waals surface area contributed by atoms with Gasteiger partial charge in [-0.3, -0.25) is 4.79 Å². The van der Waals surface area contributed by atoms with Crippen LogP contribution in [0.3, 0.4) is 0 Å². The molecule has 20 heavy (non-hydrogen) atoms. The summed E-state index contributed by atoms with van der Waals surface area (Å²) in [4.78, 5) is 15.5. The van der Waals surface area contributed by atoms with E-state index in [2.05, 4.69) is 4.98 Å². The zero-order valence-electron chi connectivity index (χ0n) is 11.2. The largest absolute Gasteiger partial charge is 0.438 e. The summed E-state index contributed by atoms with van der Waals surface area (Å²) in [5.41, 5.74) is 7.29. The van der Waals surface area contributed by atoms with Crippen molar-refractivity contribution in [3.8, 4) is 11.6 Å². The molecule has 1 heterocycles. The van der Waals surface area contributed by atoms with Crippen LogP contribution in [0.15, 0.2) is 36.4 Å². The van der Waals surface area contributed by atoms with Gasteiger partial charge in [-0.05, 0) is 43.2 Å². The molecule has 104 valence electrons. The van der Waals surface area contributed by atoms with Crippen LogP contribution in [0, 0.1) is 6.92 Å². The van der Waals surface area contributed by atoms with Gasteiger partial charge in [0, 0.05) is 12.3 Å². The van der Waals surface area contributed by atoms with E-state index in [0.717, 1.165) is 11.3 Å². The summed E-state index contributed by atoms with van der Waals surface area (Å²) in [6, 6.07) is 10.5. The number of hydrogen-bond acceptors (Lipinski definition) is 4. The zero-order valence-corrected chi connectivity index (χ0v) is 11.2. The maximum atomic E-state index is 11.3. The molecule has 1 aromatic carbocycles. The predicted molar refractivity (Wildman–Crippen MR) is 74.8 cm³/mol. The molecular weight excluding hydrogens is 256 g/mol. The van der Waals surface area contributed by atoms with Crippen molar-refractivity contribution in [3.63, 3.8) is 0 Å². The summed E-state index contributed by atoms with van der Waals surface area (Å²) in [5, 5.41) is 8.86. The van der Waals surface area contributed by atoms with Crippen LogP contribution in [-0.4, -0.2) is 22.6 Å². The van der Waals surface area contributed by atoms with Crippen LogP contribution in [0.4, 0.5) is 0 Å². The summed E-state index contributed by atoms with van der Waals surface area (Å²) in [7, 11) is 0. The number of amides is 1. The van der Waals surface area contributed by atoms with E-state index in [1.165, 1.54) is 0 Å². The SMILES string of the molecule is Cc1ccc(C(N)=O)c(Oc2ccc(CCO)cc2)n1. The molecule has 0 aliphatic rings. The van der Waals surface area contributed by atoms with E-state index < -0.39 is 5.91 Å².